The molecule has 0 saturated carbocycles. The average molecular weight is 312 g/mol. The fourth-order valence-electron chi connectivity index (χ4n) is 0.882. The van der Waals surface area contributed by atoms with Gasteiger partial charge in [0, 0.05) is 4.47 Å². The summed E-state index contributed by atoms with van der Waals surface area (Å²) in [6.07, 6.45) is 0.439. The monoisotopic (exact) mass is 310 g/mol. The average Bonchev–Trinajstić information content (AvgIpc) is 2.04. The van der Waals surface area contributed by atoms with Gasteiger partial charge in [0.25, 0.3) is 0 Å². The Balaban J connectivity index is 3.47. The van der Waals surface area contributed by atoms with Crippen molar-refractivity contribution in [2.75, 3.05) is 7.11 Å². The van der Waals surface area contributed by atoms with Gasteiger partial charge in [0.2, 0.25) is 0 Å². The van der Waals surface area contributed by atoms with Gasteiger partial charge in [-0.25, -0.2) is 4.39 Å². The van der Waals surface area contributed by atoms with Crippen LogP contribution in [0.1, 0.15) is 10.4 Å². The Morgan fingerprint density at radius 1 is 1.46 bits per heavy atom. The molecular weight excluding hydrogens is 307 g/mol. The van der Waals surface area contributed by atoms with Gasteiger partial charge in [-0.2, -0.15) is 0 Å². The molecule has 0 radical (unpaired) electrons. The first-order valence-corrected chi connectivity index (χ1v) is 4.87. The summed E-state index contributed by atoms with van der Waals surface area (Å²) in [6, 6.07) is 1.56. The van der Waals surface area contributed by atoms with Crippen LogP contribution < -0.4 is 4.74 Å². The van der Waals surface area contributed by atoms with Gasteiger partial charge in [-0.3, -0.25) is 4.79 Å². The highest BCUT2D eigenvalue weighted by Gasteiger charge is 2.15. The lowest BCUT2D eigenvalue weighted by Gasteiger charge is -2.07. The predicted octanol–water partition coefficient (Wildman–Crippen LogP) is 3.17. The van der Waals surface area contributed by atoms with Crippen molar-refractivity contribution in [1.29, 1.82) is 0 Å². The maximum absolute atomic E-state index is 13.4. The topological polar surface area (TPSA) is 26.3 Å². The molecule has 0 heterocycles. The van der Waals surface area contributed by atoms with E-state index in [1.807, 2.05) is 0 Å². The summed E-state index contributed by atoms with van der Waals surface area (Å²) in [7, 11) is 1.34. The normalized spacial score (nSPS) is 9.85. The SMILES string of the molecule is COc1c(Br)cc(Br)c(C=O)c1F. The fourth-order valence-corrected chi connectivity index (χ4v) is 2.25. The Hall–Kier alpha value is -0.420. The number of aldehydes is 1. The number of rotatable bonds is 2. The molecule has 1 rings (SSSR count). The van der Waals surface area contributed by atoms with Crippen LogP contribution in [-0.4, -0.2) is 13.4 Å². The number of ether oxygens (including phenoxy) is 1. The third-order valence-electron chi connectivity index (χ3n) is 1.49. The number of methoxy groups -OCH3 is 1. The van der Waals surface area contributed by atoms with Crippen molar-refractivity contribution in [2.24, 2.45) is 0 Å². The molecule has 0 atom stereocenters. The summed E-state index contributed by atoms with van der Waals surface area (Å²) in [5.41, 5.74) is -0.0416. The van der Waals surface area contributed by atoms with Crippen LogP contribution in [0.2, 0.25) is 0 Å². The van der Waals surface area contributed by atoms with Crippen molar-refractivity contribution in [1.82, 2.24) is 0 Å². The third-order valence-corrected chi connectivity index (χ3v) is 2.73. The maximum atomic E-state index is 13.4. The summed E-state index contributed by atoms with van der Waals surface area (Å²) in [5.74, 6) is -0.635. The molecule has 13 heavy (non-hydrogen) atoms. The second-order valence-electron chi connectivity index (χ2n) is 2.22. The predicted molar refractivity (Wildman–Crippen MR) is 53.7 cm³/mol. The van der Waals surface area contributed by atoms with Gasteiger partial charge >= 0.3 is 0 Å². The van der Waals surface area contributed by atoms with Crippen molar-refractivity contribution in [3.63, 3.8) is 0 Å². The molecule has 0 aliphatic rings. The molecule has 1 aromatic rings. The zero-order chi connectivity index (χ0) is 10.0. The lowest BCUT2D eigenvalue weighted by atomic mass is 10.2. The number of halogens is 3. The highest BCUT2D eigenvalue weighted by Crippen LogP contribution is 2.34. The zero-order valence-electron chi connectivity index (χ0n) is 6.61. The summed E-state index contributed by atoms with van der Waals surface area (Å²) in [5, 5.41) is 0. The van der Waals surface area contributed by atoms with Crippen LogP contribution in [0, 0.1) is 5.82 Å². The molecule has 0 unspecified atom stereocenters. The standard InChI is InChI=1S/C8H5Br2FO2/c1-13-8-6(10)2-5(9)4(3-12)7(8)11/h2-3H,1H3. The molecule has 0 amide bonds. The molecule has 0 spiro atoms. The van der Waals surface area contributed by atoms with E-state index in [1.54, 1.807) is 6.07 Å². The van der Waals surface area contributed by atoms with E-state index in [4.69, 9.17) is 4.74 Å². The Bertz CT molecular complexity index is 352. The van der Waals surface area contributed by atoms with E-state index in [1.165, 1.54) is 7.11 Å². The summed E-state index contributed by atoms with van der Waals surface area (Å²) in [4.78, 5) is 10.5. The lowest BCUT2D eigenvalue weighted by Crippen LogP contribution is -1.96. The first-order chi connectivity index (χ1) is 6.11. The van der Waals surface area contributed by atoms with Gasteiger partial charge in [0.1, 0.15) is 0 Å². The lowest BCUT2D eigenvalue weighted by molar-refractivity contribution is 0.111. The third kappa shape index (κ3) is 1.91. The summed E-state index contributed by atoms with van der Waals surface area (Å²) in [6.45, 7) is 0. The van der Waals surface area contributed by atoms with E-state index < -0.39 is 5.82 Å². The number of carbonyl (C=O) groups is 1. The summed E-state index contributed by atoms with van der Waals surface area (Å²) < 4.78 is 19.0. The summed E-state index contributed by atoms with van der Waals surface area (Å²) >= 11 is 6.18. The van der Waals surface area contributed by atoms with Crippen LogP contribution in [0.15, 0.2) is 15.0 Å². The molecule has 5 heteroatoms. The maximum Gasteiger partial charge on any atom is 0.177 e. The van der Waals surface area contributed by atoms with Gasteiger partial charge in [0.05, 0.1) is 17.1 Å². The molecule has 1 aromatic carbocycles. The van der Waals surface area contributed by atoms with E-state index >= 15 is 0 Å². The molecule has 0 N–H and O–H groups in total. The Morgan fingerprint density at radius 3 is 2.54 bits per heavy atom. The smallest absolute Gasteiger partial charge is 0.177 e. The van der Waals surface area contributed by atoms with Crippen molar-refractivity contribution in [3.05, 3.63) is 26.4 Å². The van der Waals surface area contributed by atoms with E-state index in [0.29, 0.717) is 15.2 Å². The minimum Gasteiger partial charge on any atom is -0.492 e. The molecule has 0 fully saturated rings. The van der Waals surface area contributed by atoms with E-state index in [0.717, 1.165) is 0 Å². The Morgan fingerprint density at radius 2 is 2.08 bits per heavy atom. The minimum atomic E-state index is -0.668. The number of hydrogen-bond donors (Lipinski definition) is 0. The second kappa shape index (κ2) is 4.19. The number of benzene rings is 1. The molecular formula is C8H5Br2FO2. The van der Waals surface area contributed by atoms with Gasteiger partial charge in [0.15, 0.2) is 17.9 Å². The van der Waals surface area contributed by atoms with Crippen molar-refractivity contribution in [2.45, 2.75) is 0 Å². The molecule has 0 aliphatic heterocycles. The van der Waals surface area contributed by atoms with Crippen LogP contribution in [0.3, 0.4) is 0 Å². The highest BCUT2D eigenvalue weighted by molar-refractivity contribution is 9.11. The number of hydrogen-bond acceptors (Lipinski definition) is 2. The number of carbonyl (C=O) groups excluding carboxylic acids is 1. The Kier molecular flexibility index (Phi) is 3.44. The highest BCUT2D eigenvalue weighted by atomic mass is 79.9. The molecule has 0 aliphatic carbocycles. The van der Waals surface area contributed by atoms with Gasteiger partial charge in [-0.1, -0.05) is 0 Å². The molecule has 0 aromatic heterocycles. The Labute approximate surface area is 91.3 Å². The first kappa shape index (κ1) is 10.7. The van der Waals surface area contributed by atoms with E-state index in [9.17, 15) is 9.18 Å². The van der Waals surface area contributed by atoms with Crippen molar-refractivity contribution < 1.29 is 13.9 Å². The second-order valence-corrected chi connectivity index (χ2v) is 3.93. The first-order valence-electron chi connectivity index (χ1n) is 3.28. The van der Waals surface area contributed by atoms with Gasteiger partial charge in [-0.05, 0) is 37.9 Å². The largest absolute Gasteiger partial charge is 0.492 e. The fraction of sp³-hybridized carbons (Fsp3) is 0.125. The van der Waals surface area contributed by atoms with Gasteiger partial charge < -0.3 is 4.74 Å². The quantitative estimate of drug-likeness (QED) is 0.784. The van der Waals surface area contributed by atoms with Crippen molar-refractivity contribution >= 4 is 38.1 Å². The molecule has 0 saturated heterocycles. The van der Waals surface area contributed by atoms with Crippen LogP contribution >= 0.6 is 31.9 Å². The zero-order valence-corrected chi connectivity index (χ0v) is 9.78. The molecule has 2 nitrogen and oxygen atoms in total. The van der Waals surface area contributed by atoms with E-state index in [2.05, 4.69) is 31.9 Å². The molecule has 70 valence electrons. The minimum absolute atomic E-state index is 0.0327. The van der Waals surface area contributed by atoms with Crippen LogP contribution in [0.5, 0.6) is 5.75 Å². The van der Waals surface area contributed by atoms with Crippen molar-refractivity contribution in [3.8, 4) is 5.75 Å². The van der Waals surface area contributed by atoms with Crippen LogP contribution in [0.25, 0.3) is 0 Å². The van der Waals surface area contributed by atoms with E-state index in [-0.39, 0.29) is 11.3 Å². The molecule has 0 bridgehead atoms. The van der Waals surface area contributed by atoms with Crippen LogP contribution in [0.4, 0.5) is 4.39 Å². The van der Waals surface area contributed by atoms with Crippen LogP contribution in [-0.2, 0) is 0 Å². The van der Waals surface area contributed by atoms with Gasteiger partial charge in [-0.15, -0.1) is 0 Å².